The van der Waals surface area contributed by atoms with Crippen molar-refractivity contribution in [1.82, 2.24) is 15.3 Å². The molecule has 1 saturated heterocycles. The predicted octanol–water partition coefficient (Wildman–Crippen LogP) is 2.72. The fraction of sp³-hybridized carbons (Fsp3) is 0.333. The number of ether oxygens (including phenoxy) is 1. The smallest absolute Gasteiger partial charge is 0.224 e. The quantitative estimate of drug-likeness (QED) is 0.945. The van der Waals surface area contributed by atoms with Crippen LogP contribution < -0.4 is 15.0 Å². The fourth-order valence-corrected chi connectivity index (χ4v) is 2.53. The number of nitrogens with zero attached hydrogens (tertiary/aromatic N) is 3. The zero-order valence-electron chi connectivity index (χ0n) is 11.8. The molecule has 110 valence electrons. The van der Waals surface area contributed by atoms with Crippen molar-refractivity contribution in [2.75, 3.05) is 24.5 Å². The highest BCUT2D eigenvalue weighted by Crippen LogP contribution is 2.24. The Balaban J connectivity index is 1.76. The first-order valence-corrected chi connectivity index (χ1v) is 7.32. The Morgan fingerprint density at radius 3 is 3.05 bits per heavy atom. The summed E-state index contributed by atoms with van der Waals surface area (Å²) in [6.07, 6.45) is 1.53. The van der Waals surface area contributed by atoms with Crippen molar-refractivity contribution in [1.29, 1.82) is 0 Å². The molecule has 1 N–H and O–H groups in total. The second-order valence-corrected chi connectivity index (χ2v) is 5.51. The van der Waals surface area contributed by atoms with E-state index in [1.807, 2.05) is 24.3 Å². The van der Waals surface area contributed by atoms with E-state index in [1.54, 1.807) is 6.07 Å². The van der Waals surface area contributed by atoms with Crippen LogP contribution in [-0.2, 0) is 0 Å². The SMILES string of the molecule is CC1CN(c2cc(Oc3cccc(Cl)c3)ncn2)CCN1. The summed E-state index contributed by atoms with van der Waals surface area (Å²) in [5, 5.41) is 4.05. The lowest BCUT2D eigenvalue weighted by Gasteiger charge is -2.32. The van der Waals surface area contributed by atoms with Gasteiger partial charge < -0.3 is 15.0 Å². The van der Waals surface area contributed by atoms with Crippen molar-refractivity contribution < 1.29 is 4.74 Å². The Kier molecular flexibility index (Phi) is 4.22. The lowest BCUT2D eigenvalue weighted by molar-refractivity contribution is 0.457. The van der Waals surface area contributed by atoms with Gasteiger partial charge in [0, 0.05) is 36.8 Å². The third kappa shape index (κ3) is 3.62. The maximum Gasteiger partial charge on any atom is 0.224 e. The van der Waals surface area contributed by atoms with Gasteiger partial charge in [0.1, 0.15) is 17.9 Å². The van der Waals surface area contributed by atoms with Crippen molar-refractivity contribution in [3.63, 3.8) is 0 Å². The Morgan fingerprint density at radius 1 is 1.33 bits per heavy atom. The molecule has 1 aliphatic rings. The molecule has 2 heterocycles. The zero-order valence-corrected chi connectivity index (χ0v) is 12.5. The normalized spacial score (nSPS) is 18.6. The van der Waals surface area contributed by atoms with Crippen LogP contribution >= 0.6 is 11.6 Å². The Morgan fingerprint density at radius 2 is 2.24 bits per heavy atom. The standard InChI is InChI=1S/C15H17ClN4O/c1-11-9-20(6-5-17-11)14-8-15(19-10-18-14)21-13-4-2-3-12(16)7-13/h2-4,7-8,10-11,17H,5-6,9H2,1H3. The van der Waals surface area contributed by atoms with Gasteiger partial charge in [-0.2, -0.15) is 0 Å². The molecule has 6 heteroatoms. The first kappa shape index (κ1) is 14.1. The molecule has 0 aliphatic carbocycles. The van der Waals surface area contributed by atoms with E-state index in [0.717, 1.165) is 25.5 Å². The summed E-state index contributed by atoms with van der Waals surface area (Å²) < 4.78 is 5.74. The van der Waals surface area contributed by atoms with Crippen molar-refractivity contribution in [3.05, 3.63) is 41.7 Å². The minimum atomic E-state index is 0.450. The van der Waals surface area contributed by atoms with Crippen LogP contribution in [-0.4, -0.2) is 35.6 Å². The lowest BCUT2D eigenvalue weighted by atomic mass is 10.2. The van der Waals surface area contributed by atoms with Gasteiger partial charge >= 0.3 is 0 Å². The van der Waals surface area contributed by atoms with Crippen LogP contribution in [0.25, 0.3) is 0 Å². The Bertz CT molecular complexity index is 622. The molecule has 3 rings (SSSR count). The van der Waals surface area contributed by atoms with Gasteiger partial charge in [-0.15, -0.1) is 0 Å². The molecule has 2 aromatic rings. The molecule has 0 bridgehead atoms. The van der Waals surface area contributed by atoms with Crippen molar-refractivity contribution in [3.8, 4) is 11.6 Å². The number of benzene rings is 1. The topological polar surface area (TPSA) is 50.3 Å². The molecule has 0 radical (unpaired) electrons. The molecular formula is C15H17ClN4O. The van der Waals surface area contributed by atoms with Gasteiger partial charge in [0.2, 0.25) is 5.88 Å². The van der Waals surface area contributed by atoms with Crippen LogP contribution in [0.2, 0.25) is 5.02 Å². The zero-order chi connectivity index (χ0) is 14.7. The van der Waals surface area contributed by atoms with Crippen molar-refractivity contribution in [2.45, 2.75) is 13.0 Å². The highest BCUT2D eigenvalue weighted by Gasteiger charge is 2.17. The molecule has 0 saturated carbocycles. The van der Waals surface area contributed by atoms with Gasteiger partial charge in [0.15, 0.2) is 0 Å². The average molecular weight is 305 g/mol. The first-order valence-electron chi connectivity index (χ1n) is 6.94. The summed E-state index contributed by atoms with van der Waals surface area (Å²) in [6, 6.07) is 9.57. The van der Waals surface area contributed by atoms with Gasteiger partial charge in [0.05, 0.1) is 0 Å². The van der Waals surface area contributed by atoms with Crippen LogP contribution in [0, 0.1) is 0 Å². The van der Waals surface area contributed by atoms with E-state index in [1.165, 1.54) is 6.33 Å². The highest BCUT2D eigenvalue weighted by atomic mass is 35.5. The summed E-state index contributed by atoms with van der Waals surface area (Å²) in [6.45, 7) is 4.97. The molecule has 1 aromatic carbocycles. The lowest BCUT2D eigenvalue weighted by Crippen LogP contribution is -2.49. The van der Waals surface area contributed by atoms with E-state index in [4.69, 9.17) is 16.3 Å². The number of piperazine rings is 1. The molecule has 5 nitrogen and oxygen atoms in total. The van der Waals surface area contributed by atoms with Crippen LogP contribution in [0.15, 0.2) is 36.7 Å². The third-order valence-electron chi connectivity index (χ3n) is 3.34. The van der Waals surface area contributed by atoms with E-state index in [0.29, 0.717) is 22.7 Å². The second kappa shape index (κ2) is 6.28. The maximum absolute atomic E-state index is 5.95. The van der Waals surface area contributed by atoms with E-state index in [-0.39, 0.29) is 0 Å². The number of hydrogen-bond donors (Lipinski definition) is 1. The van der Waals surface area contributed by atoms with Gasteiger partial charge in [-0.1, -0.05) is 17.7 Å². The maximum atomic E-state index is 5.95. The summed E-state index contributed by atoms with van der Waals surface area (Å²) in [5.74, 6) is 2.07. The molecule has 1 fully saturated rings. The predicted molar refractivity (Wildman–Crippen MR) is 83.2 cm³/mol. The molecular weight excluding hydrogens is 288 g/mol. The second-order valence-electron chi connectivity index (χ2n) is 5.08. The van der Waals surface area contributed by atoms with Gasteiger partial charge in [0.25, 0.3) is 0 Å². The molecule has 0 amide bonds. The highest BCUT2D eigenvalue weighted by molar-refractivity contribution is 6.30. The molecule has 1 aliphatic heterocycles. The number of aromatic nitrogens is 2. The minimum absolute atomic E-state index is 0.450. The summed E-state index contributed by atoms with van der Waals surface area (Å²) >= 11 is 5.95. The summed E-state index contributed by atoms with van der Waals surface area (Å²) in [7, 11) is 0. The van der Waals surface area contributed by atoms with Crippen molar-refractivity contribution in [2.24, 2.45) is 0 Å². The largest absolute Gasteiger partial charge is 0.439 e. The molecule has 1 aromatic heterocycles. The van der Waals surface area contributed by atoms with E-state index >= 15 is 0 Å². The number of nitrogens with one attached hydrogen (secondary N) is 1. The molecule has 1 unspecified atom stereocenters. The van der Waals surface area contributed by atoms with E-state index in [9.17, 15) is 0 Å². The van der Waals surface area contributed by atoms with Gasteiger partial charge in [-0.25, -0.2) is 9.97 Å². The molecule has 1 atom stereocenters. The fourth-order valence-electron chi connectivity index (χ4n) is 2.35. The van der Waals surface area contributed by atoms with Crippen molar-refractivity contribution >= 4 is 17.4 Å². The van der Waals surface area contributed by atoms with Gasteiger partial charge in [-0.05, 0) is 25.1 Å². The number of anilines is 1. The number of rotatable bonds is 3. The number of hydrogen-bond acceptors (Lipinski definition) is 5. The van der Waals surface area contributed by atoms with Crippen LogP contribution in [0.3, 0.4) is 0 Å². The minimum Gasteiger partial charge on any atom is -0.439 e. The molecule has 0 spiro atoms. The van der Waals surface area contributed by atoms with E-state index < -0.39 is 0 Å². The summed E-state index contributed by atoms with van der Waals surface area (Å²) in [4.78, 5) is 10.7. The third-order valence-corrected chi connectivity index (χ3v) is 3.57. The number of halogens is 1. The molecule has 21 heavy (non-hydrogen) atoms. The average Bonchev–Trinajstić information content (AvgIpc) is 2.47. The van der Waals surface area contributed by atoms with Crippen LogP contribution in [0.4, 0.5) is 5.82 Å². The Labute approximate surface area is 128 Å². The summed E-state index contributed by atoms with van der Waals surface area (Å²) in [5.41, 5.74) is 0. The monoisotopic (exact) mass is 304 g/mol. The van der Waals surface area contributed by atoms with Gasteiger partial charge in [-0.3, -0.25) is 0 Å². The van der Waals surface area contributed by atoms with Crippen LogP contribution in [0.5, 0.6) is 11.6 Å². The first-order chi connectivity index (χ1) is 10.2. The van der Waals surface area contributed by atoms with E-state index in [2.05, 4.69) is 27.1 Å². The Hall–Kier alpha value is -1.85. The van der Waals surface area contributed by atoms with Crippen LogP contribution in [0.1, 0.15) is 6.92 Å².